The Morgan fingerprint density at radius 2 is 2.05 bits per heavy atom. The van der Waals surface area contributed by atoms with Crippen LogP contribution in [0.3, 0.4) is 0 Å². The van der Waals surface area contributed by atoms with E-state index in [1.807, 2.05) is 18.2 Å². The van der Waals surface area contributed by atoms with Crippen molar-refractivity contribution in [2.75, 3.05) is 13.2 Å². The Kier molecular flexibility index (Phi) is 3.83. The highest BCUT2D eigenvalue weighted by atomic mass is 16.5. The second-order valence-electron chi connectivity index (χ2n) is 5.45. The number of hydrogen-bond donors (Lipinski definition) is 0. The van der Waals surface area contributed by atoms with Gasteiger partial charge in [0, 0.05) is 19.4 Å². The molecule has 0 amide bonds. The highest BCUT2D eigenvalue weighted by molar-refractivity contribution is 5.80. The summed E-state index contributed by atoms with van der Waals surface area (Å²) in [7, 11) is 0. The number of Topliss-reactive ketones (excluding diaryl/α,β-unsaturated/α-hetero) is 1. The van der Waals surface area contributed by atoms with Crippen LogP contribution in [0.15, 0.2) is 24.3 Å². The number of hydrogen-bond acceptors (Lipinski definition) is 3. The molecule has 0 saturated carbocycles. The lowest BCUT2D eigenvalue weighted by molar-refractivity contribution is -0.121. The largest absolute Gasteiger partial charge is 0.493 e. The van der Waals surface area contributed by atoms with Gasteiger partial charge in [0.25, 0.3) is 0 Å². The van der Waals surface area contributed by atoms with Crippen LogP contribution in [0.1, 0.15) is 43.6 Å². The van der Waals surface area contributed by atoms with E-state index >= 15 is 0 Å². The molecule has 1 fully saturated rings. The maximum Gasteiger partial charge on any atom is 0.136 e. The van der Waals surface area contributed by atoms with Crippen LogP contribution in [0, 0.1) is 0 Å². The predicted molar refractivity (Wildman–Crippen MR) is 72.5 cm³/mol. The van der Waals surface area contributed by atoms with Crippen LogP contribution in [0.4, 0.5) is 0 Å². The summed E-state index contributed by atoms with van der Waals surface area (Å²) in [5.74, 6) is 1.59. The van der Waals surface area contributed by atoms with Gasteiger partial charge in [-0.15, -0.1) is 0 Å². The number of ketones is 1. The molecule has 0 radical (unpaired) electrons. The normalized spacial score (nSPS) is 25.7. The van der Waals surface area contributed by atoms with Gasteiger partial charge in [-0.2, -0.15) is 0 Å². The van der Waals surface area contributed by atoms with Gasteiger partial charge in [-0.1, -0.05) is 18.2 Å². The fourth-order valence-electron chi connectivity index (χ4n) is 3.05. The van der Waals surface area contributed by atoms with Gasteiger partial charge in [-0.05, 0) is 36.8 Å². The lowest BCUT2D eigenvalue weighted by Gasteiger charge is -2.25. The zero-order valence-corrected chi connectivity index (χ0v) is 11.1. The maximum absolute atomic E-state index is 12.2. The summed E-state index contributed by atoms with van der Waals surface area (Å²) in [6, 6.07) is 8.07. The lowest BCUT2D eigenvalue weighted by atomic mass is 9.87. The van der Waals surface area contributed by atoms with Crippen molar-refractivity contribution in [2.45, 2.75) is 44.1 Å². The Morgan fingerprint density at radius 3 is 2.89 bits per heavy atom. The molecule has 0 aromatic heterocycles. The Hall–Kier alpha value is -1.35. The van der Waals surface area contributed by atoms with Crippen molar-refractivity contribution in [3.63, 3.8) is 0 Å². The molecule has 2 heterocycles. The van der Waals surface area contributed by atoms with E-state index in [2.05, 4.69) is 6.07 Å². The Labute approximate surface area is 113 Å². The summed E-state index contributed by atoms with van der Waals surface area (Å²) in [5, 5.41) is 0. The van der Waals surface area contributed by atoms with Crippen molar-refractivity contribution in [1.29, 1.82) is 0 Å². The van der Waals surface area contributed by atoms with E-state index in [1.165, 1.54) is 5.56 Å². The van der Waals surface area contributed by atoms with Gasteiger partial charge in [0.15, 0.2) is 0 Å². The number of benzene rings is 1. The van der Waals surface area contributed by atoms with E-state index in [1.54, 1.807) is 0 Å². The summed E-state index contributed by atoms with van der Waals surface area (Å²) < 4.78 is 11.2. The van der Waals surface area contributed by atoms with Crippen molar-refractivity contribution in [1.82, 2.24) is 0 Å². The third-order valence-electron chi connectivity index (χ3n) is 4.04. The van der Waals surface area contributed by atoms with Gasteiger partial charge in [-0.3, -0.25) is 4.79 Å². The molecule has 19 heavy (non-hydrogen) atoms. The summed E-state index contributed by atoms with van der Waals surface area (Å²) in [4.78, 5) is 12.2. The molecule has 2 atom stereocenters. The molecule has 3 rings (SSSR count). The Bertz CT molecular complexity index is 449. The van der Waals surface area contributed by atoms with Gasteiger partial charge in [0.2, 0.25) is 0 Å². The standard InChI is InChI=1S/C16H20O3/c17-13(11-14-4-3-8-18-14)10-12-7-9-19-16-6-2-1-5-15(12)16/h1-2,5-6,12,14H,3-4,7-11H2. The smallest absolute Gasteiger partial charge is 0.136 e. The number of rotatable bonds is 4. The van der Waals surface area contributed by atoms with Crippen molar-refractivity contribution in [2.24, 2.45) is 0 Å². The highest BCUT2D eigenvalue weighted by Gasteiger charge is 2.25. The second kappa shape index (κ2) is 5.74. The van der Waals surface area contributed by atoms with Crippen LogP contribution >= 0.6 is 0 Å². The zero-order chi connectivity index (χ0) is 13.1. The van der Waals surface area contributed by atoms with E-state index in [9.17, 15) is 4.79 Å². The number of fused-ring (bicyclic) bond motifs is 1. The number of carbonyl (C=O) groups is 1. The molecule has 3 heteroatoms. The van der Waals surface area contributed by atoms with Crippen LogP contribution in [0.25, 0.3) is 0 Å². The summed E-state index contributed by atoms with van der Waals surface area (Å²) >= 11 is 0. The molecule has 2 aliphatic heterocycles. The molecule has 1 saturated heterocycles. The molecule has 2 unspecified atom stereocenters. The average Bonchev–Trinajstić information content (AvgIpc) is 2.92. The summed E-state index contributed by atoms with van der Waals surface area (Å²) in [6.07, 6.45) is 4.45. The number of carbonyl (C=O) groups excluding carboxylic acids is 1. The molecule has 1 aromatic carbocycles. The minimum Gasteiger partial charge on any atom is -0.493 e. The lowest BCUT2D eigenvalue weighted by Crippen LogP contribution is -2.19. The molecular weight excluding hydrogens is 240 g/mol. The highest BCUT2D eigenvalue weighted by Crippen LogP contribution is 2.36. The number of ether oxygens (including phenoxy) is 2. The van der Waals surface area contributed by atoms with Crippen molar-refractivity contribution < 1.29 is 14.3 Å². The minimum absolute atomic E-state index is 0.169. The molecule has 0 N–H and O–H groups in total. The molecule has 1 aromatic rings. The topological polar surface area (TPSA) is 35.5 Å². The van der Waals surface area contributed by atoms with Crippen molar-refractivity contribution >= 4 is 5.78 Å². The van der Waals surface area contributed by atoms with Crippen LogP contribution in [-0.2, 0) is 9.53 Å². The van der Waals surface area contributed by atoms with E-state index in [0.29, 0.717) is 24.5 Å². The molecular formula is C16H20O3. The first kappa shape index (κ1) is 12.7. The summed E-state index contributed by atoms with van der Waals surface area (Å²) in [5.41, 5.74) is 1.19. The molecule has 2 aliphatic rings. The molecule has 102 valence electrons. The third-order valence-corrected chi connectivity index (χ3v) is 4.04. The van der Waals surface area contributed by atoms with Gasteiger partial charge < -0.3 is 9.47 Å². The van der Waals surface area contributed by atoms with Crippen molar-refractivity contribution in [3.8, 4) is 5.75 Å². The van der Waals surface area contributed by atoms with E-state index < -0.39 is 0 Å². The molecule has 0 spiro atoms. The van der Waals surface area contributed by atoms with E-state index in [0.717, 1.165) is 38.2 Å². The predicted octanol–water partition coefficient (Wildman–Crippen LogP) is 3.08. The van der Waals surface area contributed by atoms with Crippen LogP contribution in [0.2, 0.25) is 0 Å². The fourth-order valence-corrected chi connectivity index (χ4v) is 3.05. The average molecular weight is 260 g/mol. The van der Waals surface area contributed by atoms with Gasteiger partial charge >= 0.3 is 0 Å². The molecule has 3 nitrogen and oxygen atoms in total. The van der Waals surface area contributed by atoms with Crippen LogP contribution in [-0.4, -0.2) is 25.1 Å². The van der Waals surface area contributed by atoms with Gasteiger partial charge in [0.1, 0.15) is 11.5 Å². The van der Waals surface area contributed by atoms with Gasteiger partial charge in [0.05, 0.1) is 12.7 Å². The third kappa shape index (κ3) is 2.98. The molecule has 0 aliphatic carbocycles. The monoisotopic (exact) mass is 260 g/mol. The summed E-state index contributed by atoms with van der Waals surface area (Å²) in [6.45, 7) is 1.53. The van der Waals surface area contributed by atoms with E-state index in [4.69, 9.17) is 9.47 Å². The van der Waals surface area contributed by atoms with Crippen LogP contribution in [0.5, 0.6) is 5.75 Å². The van der Waals surface area contributed by atoms with Crippen molar-refractivity contribution in [3.05, 3.63) is 29.8 Å². The number of para-hydroxylation sites is 1. The van der Waals surface area contributed by atoms with E-state index in [-0.39, 0.29) is 6.10 Å². The molecule has 0 bridgehead atoms. The quantitative estimate of drug-likeness (QED) is 0.834. The first-order valence-electron chi connectivity index (χ1n) is 7.18. The van der Waals surface area contributed by atoms with Crippen LogP contribution < -0.4 is 4.74 Å². The maximum atomic E-state index is 12.2. The first-order valence-corrected chi connectivity index (χ1v) is 7.18. The first-order chi connectivity index (χ1) is 9.33. The second-order valence-corrected chi connectivity index (χ2v) is 5.45. The van der Waals surface area contributed by atoms with Gasteiger partial charge in [-0.25, -0.2) is 0 Å². The fraction of sp³-hybridized carbons (Fsp3) is 0.562. The SMILES string of the molecule is O=C(CC1CCCO1)CC1CCOc2ccccc21. The Morgan fingerprint density at radius 1 is 1.16 bits per heavy atom. The minimum atomic E-state index is 0.169. The Balaban J connectivity index is 1.62. The zero-order valence-electron chi connectivity index (χ0n) is 11.1.